The minimum Gasteiger partial charge on any atom is -0.504 e. The Labute approximate surface area is 117 Å². The number of benzene rings is 1. The number of nitrogens with zero attached hydrogens (tertiary/aromatic N) is 1. The first-order valence-corrected chi connectivity index (χ1v) is 6.50. The molecule has 1 unspecified atom stereocenters. The molecular formula is C14H19NO5. The van der Waals surface area contributed by atoms with E-state index in [2.05, 4.69) is 0 Å². The van der Waals surface area contributed by atoms with Crippen molar-refractivity contribution >= 4 is 5.97 Å². The van der Waals surface area contributed by atoms with Crippen molar-refractivity contribution in [3.8, 4) is 11.5 Å². The van der Waals surface area contributed by atoms with Crippen LogP contribution in [0, 0.1) is 0 Å². The molecule has 0 saturated carbocycles. The number of aliphatic carboxylic acids is 1. The Kier molecular flexibility index (Phi) is 4.81. The SMILES string of the molecule is COc1cccc(CN2CCOCC2CC(=O)O)c1O. The Morgan fingerprint density at radius 2 is 2.35 bits per heavy atom. The number of rotatable bonds is 5. The fraction of sp³-hybridized carbons (Fsp3) is 0.500. The average Bonchev–Trinajstić information content (AvgIpc) is 2.42. The lowest BCUT2D eigenvalue weighted by molar-refractivity contribution is -0.140. The lowest BCUT2D eigenvalue weighted by Gasteiger charge is -2.34. The van der Waals surface area contributed by atoms with Gasteiger partial charge in [-0.2, -0.15) is 0 Å². The summed E-state index contributed by atoms with van der Waals surface area (Å²) in [5.74, 6) is -0.318. The molecule has 0 spiro atoms. The standard InChI is InChI=1S/C14H19NO5/c1-19-12-4-2-3-10(14(12)18)8-15-5-6-20-9-11(15)7-13(16)17/h2-4,11,18H,5-9H2,1H3,(H,16,17). The Balaban J connectivity index is 2.12. The highest BCUT2D eigenvalue weighted by Gasteiger charge is 2.26. The molecule has 0 bridgehead atoms. The van der Waals surface area contributed by atoms with Crippen LogP contribution in [0.5, 0.6) is 11.5 Å². The van der Waals surface area contributed by atoms with Crippen molar-refractivity contribution in [2.75, 3.05) is 26.9 Å². The quantitative estimate of drug-likeness (QED) is 0.840. The van der Waals surface area contributed by atoms with Crippen molar-refractivity contribution in [3.63, 3.8) is 0 Å². The van der Waals surface area contributed by atoms with Gasteiger partial charge in [0.1, 0.15) is 0 Å². The monoisotopic (exact) mass is 281 g/mol. The normalized spacial score (nSPS) is 19.8. The van der Waals surface area contributed by atoms with E-state index in [-0.39, 0.29) is 18.2 Å². The molecule has 110 valence electrons. The first-order chi connectivity index (χ1) is 9.61. The number of phenolic OH excluding ortho intramolecular Hbond substituents is 1. The number of ether oxygens (including phenoxy) is 2. The van der Waals surface area contributed by atoms with E-state index in [0.717, 1.165) is 5.56 Å². The van der Waals surface area contributed by atoms with Gasteiger partial charge in [0.2, 0.25) is 0 Å². The first kappa shape index (κ1) is 14.6. The summed E-state index contributed by atoms with van der Waals surface area (Å²) in [6.45, 7) is 2.09. The van der Waals surface area contributed by atoms with E-state index >= 15 is 0 Å². The van der Waals surface area contributed by atoms with Crippen LogP contribution < -0.4 is 4.74 Å². The van der Waals surface area contributed by atoms with Crippen LogP contribution in [0.25, 0.3) is 0 Å². The Morgan fingerprint density at radius 3 is 3.05 bits per heavy atom. The van der Waals surface area contributed by atoms with Crippen LogP contribution in [0.1, 0.15) is 12.0 Å². The van der Waals surface area contributed by atoms with Crippen LogP contribution >= 0.6 is 0 Å². The molecule has 1 heterocycles. The molecule has 1 fully saturated rings. The van der Waals surface area contributed by atoms with Gasteiger partial charge in [0.15, 0.2) is 11.5 Å². The lowest BCUT2D eigenvalue weighted by atomic mass is 10.1. The average molecular weight is 281 g/mol. The summed E-state index contributed by atoms with van der Waals surface area (Å²) < 4.78 is 10.4. The van der Waals surface area contributed by atoms with E-state index in [0.29, 0.717) is 32.1 Å². The smallest absolute Gasteiger partial charge is 0.305 e. The minimum absolute atomic E-state index is 0.0325. The largest absolute Gasteiger partial charge is 0.504 e. The molecule has 1 aliphatic heterocycles. The molecule has 6 heteroatoms. The van der Waals surface area contributed by atoms with Crippen molar-refractivity contribution in [1.29, 1.82) is 0 Å². The highest BCUT2D eigenvalue weighted by Crippen LogP contribution is 2.31. The van der Waals surface area contributed by atoms with E-state index in [9.17, 15) is 9.90 Å². The van der Waals surface area contributed by atoms with Gasteiger partial charge in [-0.3, -0.25) is 9.69 Å². The maximum Gasteiger partial charge on any atom is 0.305 e. The van der Waals surface area contributed by atoms with Gasteiger partial charge in [-0.1, -0.05) is 12.1 Å². The molecule has 20 heavy (non-hydrogen) atoms. The molecule has 6 nitrogen and oxygen atoms in total. The summed E-state index contributed by atoms with van der Waals surface area (Å²) in [6.07, 6.45) is 0.0325. The fourth-order valence-electron chi connectivity index (χ4n) is 2.37. The molecular weight excluding hydrogens is 262 g/mol. The highest BCUT2D eigenvalue weighted by atomic mass is 16.5. The van der Waals surface area contributed by atoms with E-state index in [4.69, 9.17) is 14.6 Å². The van der Waals surface area contributed by atoms with Crippen molar-refractivity contribution < 1.29 is 24.5 Å². The molecule has 0 aromatic heterocycles. The molecule has 1 aromatic rings. The number of hydrogen-bond donors (Lipinski definition) is 2. The second-order valence-corrected chi connectivity index (χ2v) is 4.77. The molecule has 2 N–H and O–H groups in total. The molecule has 0 aliphatic carbocycles. The van der Waals surface area contributed by atoms with E-state index in [1.807, 2.05) is 11.0 Å². The number of carboxylic acid groups (broad SMARTS) is 1. The topological polar surface area (TPSA) is 79.2 Å². The van der Waals surface area contributed by atoms with Crippen LogP contribution in [-0.2, 0) is 16.1 Å². The molecule has 2 rings (SSSR count). The number of phenols is 1. The molecule has 0 amide bonds. The summed E-state index contributed by atoms with van der Waals surface area (Å²) in [6, 6.07) is 5.13. The molecule has 1 saturated heterocycles. The van der Waals surface area contributed by atoms with E-state index in [1.165, 1.54) is 7.11 Å². The maximum atomic E-state index is 10.9. The molecule has 1 aromatic carbocycles. The van der Waals surface area contributed by atoms with Crippen LogP contribution in [0.15, 0.2) is 18.2 Å². The van der Waals surface area contributed by atoms with Crippen LogP contribution in [-0.4, -0.2) is 54.0 Å². The zero-order valence-electron chi connectivity index (χ0n) is 11.4. The minimum atomic E-state index is -0.847. The van der Waals surface area contributed by atoms with Crippen LogP contribution in [0.2, 0.25) is 0 Å². The third-order valence-electron chi connectivity index (χ3n) is 3.44. The number of morpholine rings is 1. The van der Waals surface area contributed by atoms with Gasteiger partial charge in [0, 0.05) is 24.7 Å². The number of para-hydroxylation sites is 1. The Bertz CT molecular complexity index is 477. The van der Waals surface area contributed by atoms with Crippen molar-refractivity contribution in [3.05, 3.63) is 23.8 Å². The van der Waals surface area contributed by atoms with Gasteiger partial charge < -0.3 is 19.7 Å². The van der Waals surface area contributed by atoms with Gasteiger partial charge in [0.25, 0.3) is 0 Å². The summed E-state index contributed by atoms with van der Waals surface area (Å²) in [4.78, 5) is 12.9. The molecule has 1 aliphatic rings. The predicted octanol–water partition coefficient (Wildman–Crippen LogP) is 1.08. The van der Waals surface area contributed by atoms with Crippen molar-refractivity contribution in [1.82, 2.24) is 4.90 Å². The zero-order chi connectivity index (χ0) is 14.5. The Hall–Kier alpha value is -1.79. The lowest BCUT2D eigenvalue weighted by Crippen LogP contribution is -2.45. The summed E-state index contributed by atoms with van der Waals surface area (Å²) in [7, 11) is 1.50. The zero-order valence-corrected chi connectivity index (χ0v) is 11.4. The van der Waals surface area contributed by atoms with Crippen LogP contribution in [0.4, 0.5) is 0 Å². The van der Waals surface area contributed by atoms with Crippen molar-refractivity contribution in [2.45, 2.75) is 19.0 Å². The first-order valence-electron chi connectivity index (χ1n) is 6.50. The Morgan fingerprint density at radius 1 is 1.55 bits per heavy atom. The second-order valence-electron chi connectivity index (χ2n) is 4.77. The number of carboxylic acids is 1. The third kappa shape index (κ3) is 3.40. The maximum absolute atomic E-state index is 10.9. The number of aromatic hydroxyl groups is 1. The van der Waals surface area contributed by atoms with Crippen LogP contribution in [0.3, 0.4) is 0 Å². The van der Waals surface area contributed by atoms with Gasteiger partial charge in [0.05, 0.1) is 26.7 Å². The molecule has 1 atom stereocenters. The highest BCUT2D eigenvalue weighted by molar-refractivity contribution is 5.67. The number of carbonyl (C=O) groups is 1. The summed E-state index contributed by atoms with van der Waals surface area (Å²) in [5, 5.41) is 19.0. The van der Waals surface area contributed by atoms with Gasteiger partial charge in [-0.15, -0.1) is 0 Å². The summed E-state index contributed by atoms with van der Waals surface area (Å²) >= 11 is 0. The van der Waals surface area contributed by atoms with E-state index < -0.39 is 5.97 Å². The van der Waals surface area contributed by atoms with Gasteiger partial charge in [-0.05, 0) is 6.07 Å². The van der Waals surface area contributed by atoms with Gasteiger partial charge in [-0.25, -0.2) is 0 Å². The fourth-order valence-corrected chi connectivity index (χ4v) is 2.37. The summed E-state index contributed by atoms with van der Waals surface area (Å²) in [5.41, 5.74) is 0.724. The number of hydrogen-bond acceptors (Lipinski definition) is 5. The third-order valence-corrected chi connectivity index (χ3v) is 3.44. The second kappa shape index (κ2) is 6.58. The van der Waals surface area contributed by atoms with E-state index in [1.54, 1.807) is 12.1 Å². The number of methoxy groups -OCH3 is 1. The predicted molar refractivity (Wildman–Crippen MR) is 71.9 cm³/mol. The van der Waals surface area contributed by atoms with Gasteiger partial charge >= 0.3 is 5.97 Å². The van der Waals surface area contributed by atoms with Crippen molar-refractivity contribution in [2.24, 2.45) is 0 Å². The molecule has 0 radical (unpaired) electrons.